The van der Waals surface area contributed by atoms with Crippen LogP contribution in [0.5, 0.6) is 11.8 Å². The molecule has 0 aliphatic heterocycles. The van der Waals surface area contributed by atoms with Crippen molar-refractivity contribution in [3.05, 3.63) is 12.1 Å². The van der Waals surface area contributed by atoms with Crippen LogP contribution in [0.2, 0.25) is 0 Å². The third-order valence-corrected chi connectivity index (χ3v) is 5.56. The van der Waals surface area contributed by atoms with Crippen LogP contribution < -0.4 is 15.5 Å². The lowest BCUT2D eigenvalue weighted by atomic mass is 9.90. The molecule has 1 heterocycles. The number of ether oxygens (including phenoxy) is 2. The smallest absolute Gasteiger partial charge is 0.334 e. The van der Waals surface area contributed by atoms with Gasteiger partial charge in [-0.15, -0.1) is 17.1 Å². The normalized spacial score (nSPS) is 12.9. The van der Waals surface area contributed by atoms with Gasteiger partial charge in [-0.3, -0.25) is 9.59 Å². The van der Waals surface area contributed by atoms with Crippen LogP contribution in [0, 0.1) is 17.8 Å². The largest absolute Gasteiger partial charge is 0.492 e. The van der Waals surface area contributed by atoms with E-state index in [1.54, 1.807) is 6.92 Å². The number of hydrogen-bond acceptors (Lipinski definition) is 8. The molecule has 1 aromatic heterocycles. The summed E-state index contributed by atoms with van der Waals surface area (Å²) >= 11 is 7.03. The first-order valence-electron chi connectivity index (χ1n) is 12.3. The Kier molecular flexibility index (Phi) is 13.8. The average Bonchev–Trinajstić information content (AvgIpc) is 3.11. The van der Waals surface area contributed by atoms with Crippen molar-refractivity contribution in [1.82, 2.24) is 15.4 Å². The molecule has 0 spiro atoms. The molecule has 39 heavy (non-hydrogen) atoms. The molecule has 0 bridgehead atoms. The zero-order chi connectivity index (χ0) is 29.9. The van der Waals surface area contributed by atoms with Gasteiger partial charge in [0.2, 0.25) is 23.6 Å². The van der Waals surface area contributed by atoms with Crippen LogP contribution in [-0.2, 0) is 23.9 Å². The molecule has 1 aromatic rings. The van der Waals surface area contributed by atoms with Gasteiger partial charge in [0, 0.05) is 33.7 Å². The van der Waals surface area contributed by atoms with Gasteiger partial charge in [-0.05, 0) is 41.0 Å². The molecule has 1 rings (SSSR count). The molecule has 0 radical (unpaired) electrons. The maximum absolute atomic E-state index is 13.4. The van der Waals surface area contributed by atoms with Gasteiger partial charge in [-0.2, -0.15) is 0 Å². The maximum atomic E-state index is 13.4. The van der Waals surface area contributed by atoms with Crippen molar-refractivity contribution >= 4 is 49.6 Å². The summed E-state index contributed by atoms with van der Waals surface area (Å²) in [6.45, 7) is 10.1. The van der Waals surface area contributed by atoms with Crippen molar-refractivity contribution in [3.63, 3.8) is 0 Å². The van der Waals surface area contributed by atoms with Gasteiger partial charge in [0.25, 0.3) is 0 Å². The number of nitrogens with zero attached hydrogens (tertiary/aromatic N) is 1. The maximum Gasteiger partial charge on any atom is 0.334 e. The number of alkyl halides is 2. The predicted octanol–water partition coefficient (Wildman–Crippen LogP) is 2.65. The van der Waals surface area contributed by atoms with Crippen LogP contribution in [-0.4, -0.2) is 80.4 Å². The third-order valence-electron chi connectivity index (χ3n) is 5.10. The number of rotatable bonds is 17. The number of hydrogen-bond donors (Lipinski definition) is 4. The summed E-state index contributed by atoms with van der Waals surface area (Å²) < 4.78 is 11.6. The fourth-order valence-corrected chi connectivity index (χ4v) is 3.42. The van der Waals surface area contributed by atoms with Crippen molar-refractivity contribution in [2.75, 3.05) is 33.0 Å². The SMILES string of the molecule is C#CCCC(NC(=O)C(C)(COCC(C)(C)Br)COCC(C)(C)Br)C(=O)NCCC(=O)On1c(O)ccc1O. The zero-order valence-corrected chi connectivity index (χ0v) is 26.2. The topological polar surface area (TPSA) is 148 Å². The Balaban J connectivity index is 2.83. The molecule has 1 atom stereocenters. The summed E-state index contributed by atoms with van der Waals surface area (Å²) in [6.07, 6.45) is 5.53. The molecule has 11 nitrogen and oxygen atoms in total. The number of terminal acetylenes is 1. The van der Waals surface area contributed by atoms with Crippen molar-refractivity contribution in [2.45, 2.75) is 68.6 Å². The minimum absolute atomic E-state index is 0.0466. The number of nitrogens with one attached hydrogen (secondary N) is 2. The van der Waals surface area contributed by atoms with Crippen LogP contribution in [0.1, 0.15) is 53.9 Å². The Labute approximate surface area is 246 Å². The number of aromatic nitrogens is 1. The molecule has 0 aliphatic carbocycles. The van der Waals surface area contributed by atoms with E-state index in [0.717, 1.165) is 12.1 Å². The standard InChI is InChI=1S/C26H39Br2N3O8/c1-7-8-9-18(22(35)29-13-12-21(34)39-31-19(32)10-11-20(31)33)30-23(36)26(6,16-37-14-24(2,3)27)17-38-15-25(4,5)28/h1,10-11,18,32-33H,8-9,12-17H2,2-6H3,(H,29,35)(H,30,36). The second kappa shape index (κ2) is 15.5. The lowest BCUT2D eigenvalue weighted by Gasteiger charge is -2.32. The first kappa shape index (κ1) is 34.8. The highest BCUT2D eigenvalue weighted by Crippen LogP contribution is 2.24. The van der Waals surface area contributed by atoms with E-state index in [2.05, 4.69) is 48.4 Å². The van der Waals surface area contributed by atoms with Crippen molar-refractivity contribution in [1.29, 1.82) is 0 Å². The predicted molar refractivity (Wildman–Crippen MR) is 153 cm³/mol. The zero-order valence-electron chi connectivity index (χ0n) is 23.0. The Morgan fingerprint density at radius 1 is 1.00 bits per heavy atom. The molecule has 4 N–H and O–H groups in total. The molecule has 0 aromatic carbocycles. The summed E-state index contributed by atoms with van der Waals surface area (Å²) in [5.74, 6) is -0.256. The van der Waals surface area contributed by atoms with E-state index < -0.39 is 41.0 Å². The highest BCUT2D eigenvalue weighted by molar-refractivity contribution is 9.10. The van der Waals surface area contributed by atoms with Gasteiger partial charge in [0.1, 0.15) is 6.04 Å². The Morgan fingerprint density at radius 2 is 1.51 bits per heavy atom. The number of aromatic hydroxyl groups is 2. The van der Waals surface area contributed by atoms with Gasteiger partial charge in [-0.1, -0.05) is 31.9 Å². The monoisotopic (exact) mass is 679 g/mol. The van der Waals surface area contributed by atoms with E-state index in [1.165, 1.54) is 0 Å². The molecule has 0 saturated carbocycles. The number of halogens is 2. The lowest BCUT2D eigenvalue weighted by molar-refractivity contribution is -0.145. The van der Waals surface area contributed by atoms with Crippen LogP contribution in [0.25, 0.3) is 0 Å². The Hall–Kier alpha value is -2.27. The number of amides is 2. The molecule has 2 amide bonds. The summed E-state index contributed by atoms with van der Waals surface area (Å²) in [4.78, 5) is 43.2. The Morgan fingerprint density at radius 3 is 1.97 bits per heavy atom. The average molecular weight is 681 g/mol. The highest BCUT2D eigenvalue weighted by Gasteiger charge is 2.37. The van der Waals surface area contributed by atoms with Crippen LogP contribution >= 0.6 is 31.9 Å². The van der Waals surface area contributed by atoms with Gasteiger partial charge in [0.05, 0.1) is 38.3 Å². The number of carbonyl (C=O) groups excluding carboxylic acids is 3. The van der Waals surface area contributed by atoms with Gasteiger partial charge >= 0.3 is 5.97 Å². The van der Waals surface area contributed by atoms with E-state index in [-0.39, 0.29) is 47.7 Å². The molecule has 13 heteroatoms. The van der Waals surface area contributed by atoms with Crippen molar-refractivity contribution < 1.29 is 38.9 Å². The Bertz CT molecular complexity index is 969. The minimum atomic E-state index is -1.12. The second-order valence-electron chi connectivity index (χ2n) is 10.6. The molecular weight excluding hydrogens is 642 g/mol. The van der Waals surface area contributed by atoms with Gasteiger partial charge in [0.15, 0.2) is 0 Å². The first-order chi connectivity index (χ1) is 18.0. The fourth-order valence-electron chi connectivity index (χ4n) is 3.09. The molecule has 0 aliphatic rings. The summed E-state index contributed by atoms with van der Waals surface area (Å²) in [5.41, 5.74) is -1.12. The molecule has 1 unspecified atom stereocenters. The summed E-state index contributed by atoms with van der Waals surface area (Å²) in [5, 5.41) is 24.5. The highest BCUT2D eigenvalue weighted by atomic mass is 79.9. The summed E-state index contributed by atoms with van der Waals surface area (Å²) in [7, 11) is 0. The molecular formula is C26H39Br2N3O8. The van der Waals surface area contributed by atoms with E-state index >= 15 is 0 Å². The molecule has 220 valence electrons. The molecule has 0 fully saturated rings. The van der Waals surface area contributed by atoms with E-state index in [0.29, 0.717) is 17.9 Å². The van der Waals surface area contributed by atoms with E-state index in [9.17, 15) is 24.6 Å². The molecule has 0 saturated heterocycles. The van der Waals surface area contributed by atoms with Crippen LogP contribution in [0.15, 0.2) is 12.1 Å². The van der Waals surface area contributed by atoms with Gasteiger partial charge in [-0.25, -0.2) is 4.79 Å². The van der Waals surface area contributed by atoms with Crippen LogP contribution in [0.3, 0.4) is 0 Å². The minimum Gasteiger partial charge on any atom is -0.492 e. The quantitative estimate of drug-likeness (QED) is 0.145. The summed E-state index contributed by atoms with van der Waals surface area (Å²) in [6, 6.07) is 1.32. The second-order valence-corrected chi connectivity index (χ2v) is 14.9. The van der Waals surface area contributed by atoms with Crippen molar-refractivity contribution in [3.8, 4) is 24.1 Å². The van der Waals surface area contributed by atoms with Gasteiger partial charge < -0.3 is 35.2 Å². The lowest BCUT2D eigenvalue weighted by Crippen LogP contribution is -2.54. The van der Waals surface area contributed by atoms with Crippen molar-refractivity contribution in [2.24, 2.45) is 5.41 Å². The number of carbonyl (C=O) groups is 3. The first-order valence-corrected chi connectivity index (χ1v) is 13.9. The van der Waals surface area contributed by atoms with Crippen LogP contribution in [0.4, 0.5) is 0 Å². The van der Waals surface area contributed by atoms with E-state index in [4.69, 9.17) is 20.7 Å². The fraction of sp³-hybridized carbons (Fsp3) is 0.654. The third kappa shape index (κ3) is 13.6. The van der Waals surface area contributed by atoms with E-state index in [1.807, 2.05) is 27.7 Å².